The van der Waals surface area contributed by atoms with Gasteiger partial charge in [-0.1, -0.05) is 20.8 Å². The molecule has 11 nitrogen and oxygen atoms in total. The second-order valence-corrected chi connectivity index (χ2v) is 14.0. The van der Waals surface area contributed by atoms with Crippen LogP contribution in [-0.2, 0) is 29.2 Å². The summed E-state index contributed by atoms with van der Waals surface area (Å²) in [7, 11) is -6.18. The maximum atomic E-state index is 14.0. The molecule has 0 aliphatic carbocycles. The number of ether oxygens (including phenoxy) is 1. The number of ketones is 1. The molecular formula is C27H32F8N4O7S. The van der Waals surface area contributed by atoms with Crippen molar-refractivity contribution < 1.29 is 67.5 Å². The Morgan fingerprint density at radius 3 is 2.23 bits per heavy atom. The van der Waals surface area contributed by atoms with Crippen LogP contribution in [0.4, 0.5) is 35.1 Å². The average molecular weight is 709 g/mol. The van der Waals surface area contributed by atoms with E-state index in [0.717, 1.165) is 32.9 Å². The highest BCUT2D eigenvalue weighted by Gasteiger charge is 2.55. The molecular weight excluding hydrogens is 676 g/mol. The van der Waals surface area contributed by atoms with Gasteiger partial charge in [-0.25, -0.2) is 17.2 Å². The van der Waals surface area contributed by atoms with Gasteiger partial charge in [-0.05, 0) is 36.8 Å². The Morgan fingerprint density at radius 2 is 1.72 bits per heavy atom. The highest BCUT2D eigenvalue weighted by molar-refractivity contribution is 7.90. The molecule has 1 aromatic carbocycles. The van der Waals surface area contributed by atoms with Crippen LogP contribution in [-0.4, -0.2) is 86.3 Å². The minimum Gasteiger partial charge on any atom is -0.483 e. The van der Waals surface area contributed by atoms with E-state index in [1.807, 2.05) is 0 Å². The number of carbonyl (C=O) groups is 4. The Bertz CT molecular complexity index is 1480. The minimum atomic E-state index is -6.18. The highest BCUT2D eigenvalue weighted by Crippen LogP contribution is 2.38. The number of likely N-dealkylation sites (tertiary alicyclic amines) is 1. The van der Waals surface area contributed by atoms with Crippen LogP contribution < -0.4 is 20.1 Å². The van der Waals surface area contributed by atoms with E-state index in [9.17, 15) is 62.7 Å². The van der Waals surface area contributed by atoms with Crippen LogP contribution in [0, 0.1) is 28.9 Å². The topological polar surface area (TPSA) is 151 Å². The van der Waals surface area contributed by atoms with Crippen LogP contribution in [0.5, 0.6) is 5.75 Å². The van der Waals surface area contributed by atoms with E-state index in [1.165, 1.54) is 4.72 Å². The van der Waals surface area contributed by atoms with Crippen LogP contribution in [0.1, 0.15) is 40.0 Å². The van der Waals surface area contributed by atoms with Gasteiger partial charge in [-0.2, -0.15) is 31.1 Å². The van der Waals surface area contributed by atoms with Crippen molar-refractivity contribution in [3.8, 4) is 5.75 Å². The molecule has 0 unspecified atom stereocenters. The molecule has 264 valence electrons. The third-order valence-electron chi connectivity index (χ3n) is 7.69. The summed E-state index contributed by atoms with van der Waals surface area (Å²) in [6.07, 6.45) is -6.29. The number of nitrogens with zero attached hydrogens (tertiary/aromatic N) is 1. The van der Waals surface area contributed by atoms with Gasteiger partial charge < -0.3 is 20.3 Å². The third-order valence-corrected chi connectivity index (χ3v) is 8.85. The summed E-state index contributed by atoms with van der Waals surface area (Å²) in [6, 6.07) is -3.82. The van der Waals surface area contributed by atoms with Gasteiger partial charge in [0.05, 0.1) is 12.0 Å². The highest BCUT2D eigenvalue weighted by atomic mass is 32.2. The summed E-state index contributed by atoms with van der Waals surface area (Å²) < 4.78 is 138. The van der Waals surface area contributed by atoms with Gasteiger partial charge in [0.1, 0.15) is 24.5 Å². The summed E-state index contributed by atoms with van der Waals surface area (Å²) >= 11 is 0. The summed E-state index contributed by atoms with van der Waals surface area (Å²) in [5.41, 5.74) is -7.53. The zero-order valence-corrected chi connectivity index (χ0v) is 25.9. The fourth-order valence-electron chi connectivity index (χ4n) is 5.09. The lowest BCUT2D eigenvalue weighted by molar-refractivity contribution is -0.171. The first-order chi connectivity index (χ1) is 21.4. The van der Waals surface area contributed by atoms with Gasteiger partial charge in [0.25, 0.3) is 0 Å². The Hall–Kier alpha value is -3.55. The first-order valence-electron chi connectivity index (χ1n) is 14.1. The van der Waals surface area contributed by atoms with Gasteiger partial charge in [-0.15, -0.1) is 0 Å². The molecule has 5 atom stereocenters. The van der Waals surface area contributed by atoms with Gasteiger partial charge >= 0.3 is 21.7 Å². The van der Waals surface area contributed by atoms with Gasteiger partial charge in [0, 0.05) is 25.1 Å². The number of nitrogens with one attached hydrogen (secondary N) is 3. The number of benzene rings is 1. The van der Waals surface area contributed by atoms with E-state index in [1.54, 1.807) is 0 Å². The van der Waals surface area contributed by atoms with Crippen LogP contribution in [0.15, 0.2) is 18.2 Å². The Morgan fingerprint density at radius 1 is 1.09 bits per heavy atom. The predicted octanol–water partition coefficient (Wildman–Crippen LogP) is 2.56. The molecule has 3 N–H and O–H groups in total. The standard InChI is InChI=1S/C27H32F8N4O7S/c1-25(2,3)21(38-47(44,45)27(33,34)35)24(43)39-11-14(26(30,31)32)9-18(39)23(42)37-17(8-13-6-7-36-22(13)41)19(40)12-46-20-5-4-15(28)10-16(20)29/h4-5,10,13-14,17-18,21,38H,6-9,11-12H2,1-3H3,(H,36,41)(H,37,42)/t13-,14+,17-,18-,21+/m0/s1. The lowest BCUT2D eigenvalue weighted by Crippen LogP contribution is -2.60. The molecule has 47 heavy (non-hydrogen) atoms. The molecule has 0 radical (unpaired) electrons. The molecule has 0 spiro atoms. The van der Waals surface area contributed by atoms with E-state index >= 15 is 0 Å². The van der Waals surface area contributed by atoms with Crippen molar-refractivity contribution in [3.05, 3.63) is 29.8 Å². The van der Waals surface area contributed by atoms with Crippen LogP contribution in [0.3, 0.4) is 0 Å². The van der Waals surface area contributed by atoms with E-state index < -0.39 is 124 Å². The molecule has 0 aromatic heterocycles. The predicted molar refractivity (Wildman–Crippen MR) is 146 cm³/mol. The van der Waals surface area contributed by atoms with E-state index in [4.69, 9.17) is 4.74 Å². The monoisotopic (exact) mass is 708 g/mol. The SMILES string of the molecule is CC(C)(C)[C@H](NS(=O)(=O)C(F)(F)F)C(=O)N1C[C@H](C(F)(F)F)C[C@H]1C(=O)N[C@@H](C[C@@H]1CCNC1=O)C(=O)COc1ccc(F)cc1F. The quantitative estimate of drug-likeness (QED) is 0.299. The first-order valence-corrected chi connectivity index (χ1v) is 15.5. The number of Topliss-reactive ketones (excluding diaryl/α,β-unsaturated/α-hetero) is 1. The molecule has 0 saturated carbocycles. The molecule has 2 aliphatic rings. The normalized spacial score (nSPS) is 22.1. The van der Waals surface area contributed by atoms with E-state index in [2.05, 4.69) is 10.6 Å². The molecule has 0 bridgehead atoms. The Balaban J connectivity index is 1.92. The number of hydrogen-bond donors (Lipinski definition) is 3. The number of halogens is 8. The number of carbonyl (C=O) groups excluding carboxylic acids is 4. The molecule has 1 aromatic rings. The maximum Gasteiger partial charge on any atom is 0.511 e. The molecule has 2 aliphatic heterocycles. The van der Waals surface area contributed by atoms with E-state index in [0.29, 0.717) is 11.0 Å². The minimum absolute atomic E-state index is 0.197. The fourth-order valence-corrected chi connectivity index (χ4v) is 5.98. The number of sulfonamides is 1. The summed E-state index contributed by atoms with van der Waals surface area (Å²) in [5, 5.41) is 4.69. The average Bonchev–Trinajstić information content (AvgIpc) is 3.56. The smallest absolute Gasteiger partial charge is 0.483 e. The third kappa shape index (κ3) is 9.29. The summed E-state index contributed by atoms with van der Waals surface area (Å²) in [4.78, 5) is 52.7. The van der Waals surface area contributed by atoms with Crippen LogP contribution >= 0.6 is 0 Å². The van der Waals surface area contributed by atoms with Crippen molar-refractivity contribution in [2.45, 2.75) is 69.8 Å². The van der Waals surface area contributed by atoms with Crippen LogP contribution in [0.2, 0.25) is 0 Å². The molecule has 2 fully saturated rings. The lowest BCUT2D eigenvalue weighted by Gasteiger charge is -2.35. The van der Waals surface area contributed by atoms with Crippen LogP contribution in [0.25, 0.3) is 0 Å². The van der Waals surface area contributed by atoms with Crippen molar-refractivity contribution >= 4 is 33.5 Å². The Labute approximate surface area is 263 Å². The van der Waals surface area contributed by atoms with Crippen molar-refractivity contribution in [2.24, 2.45) is 17.3 Å². The number of amides is 3. The van der Waals surface area contributed by atoms with Gasteiger partial charge in [0.15, 0.2) is 17.3 Å². The molecule has 20 heteroatoms. The number of hydrogen-bond acceptors (Lipinski definition) is 7. The largest absolute Gasteiger partial charge is 0.511 e. The first kappa shape index (κ1) is 37.9. The Kier molecular flexibility index (Phi) is 11.2. The van der Waals surface area contributed by atoms with Crippen molar-refractivity contribution in [1.82, 2.24) is 20.3 Å². The zero-order valence-electron chi connectivity index (χ0n) is 25.1. The molecule has 3 rings (SSSR count). The molecule has 2 heterocycles. The van der Waals surface area contributed by atoms with Crippen molar-refractivity contribution in [3.63, 3.8) is 0 Å². The van der Waals surface area contributed by atoms with Gasteiger partial charge in [0.2, 0.25) is 17.7 Å². The zero-order chi connectivity index (χ0) is 35.7. The van der Waals surface area contributed by atoms with Gasteiger partial charge in [-0.3, -0.25) is 19.2 Å². The molecule has 3 amide bonds. The lowest BCUT2D eigenvalue weighted by atomic mass is 9.86. The van der Waals surface area contributed by atoms with Crippen molar-refractivity contribution in [2.75, 3.05) is 19.7 Å². The summed E-state index contributed by atoms with van der Waals surface area (Å²) in [5.74, 6) is -10.3. The van der Waals surface area contributed by atoms with Crippen molar-refractivity contribution in [1.29, 1.82) is 0 Å². The number of alkyl halides is 6. The van der Waals surface area contributed by atoms with E-state index in [-0.39, 0.29) is 13.0 Å². The second-order valence-electron chi connectivity index (χ2n) is 12.2. The molecule has 2 saturated heterocycles. The number of rotatable bonds is 11. The maximum absolute atomic E-state index is 14.0. The summed E-state index contributed by atoms with van der Waals surface area (Å²) in [6.45, 7) is 1.46. The fraction of sp³-hybridized carbons (Fsp3) is 0.630. The second kappa shape index (κ2) is 13.9.